The van der Waals surface area contributed by atoms with Crippen LogP contribution >= 0.6 is 11.3 Å². The molecule has 92 valence electrons. The highest BCUT2D eigenvalue weighted by Crippen LogP contribution is 2.41. The number of aryl methyl sites for hydroxylation is 2. The van der Waals surface area contributed by atoms with Crippen LogP contribution in [0.5, 0.6) is 0 Å². The van der Waals surface area contributed by atoms with E-state index in [1.54, 1.807) is 11.3 Å². The minimum atomic E-state index is -0.309. The fourth-order valence-corrected chi connectivity index (χ4v) is 3.65. The highest BCUT2D eigenvalue weighted by atomic mass is 32.1. The van der Waals surface area contributed by atoms with Crippen molar-refractivity contribution in [2.24, 2.45) is 11.1 Å². The fourth-order valence-electron chi connectivity index (χ4n) is 2.60. The normalized spacial score (nSPS) is 20.8. The predicted octanol–water partition coefficient (Wildman–Crippen LogP) is 1.70. The summed E-state index contributed by atoms with van der Waals surface area (Å²) in [6, 6.07) is 0. The molecule has 17 heavy (non-hydrogen) atoms. The lowest BCUT2D eigenvalue weighted by atomic mass is 9.68. The Hall–Kier alpha value is -0.940. The molecule has 0 atom stereocenters. The standard InChI is InChI=1S/C12H17N3OS/c13-7-12(5-2-6-12)10(16)15-11-14-8-3-1-4-9(8)17-11/h1-7,13H2,(H,14,15,16). The number of carbonyl (C=O) groups is 1. The molecule has 0 radical (unpaired) electrons. The summed E-state index contributed by atoms with van der Waals surface area (Å²) in [6.45, 7) is 0.448. The molecule has 1 aromatic heterocycles. The molecule has 0 spiro atoms. The van der Waals surface area contributed by atoms with Crippen LogP contribution in [0.25, 0.3) is 0 Å². The van der Waals surface area contributed by atoms with E-state index in [0.29, 0.717) is 6.54 Å². The van der Waals surface area contributed by atoms with Crippen molar-refractivity contribution in [3.63, 3.8) is 0 Å². The van der Waals surface area contributed by atoms with Crippen molar-refractivity contribution in [3.8, 4) is 0 Å². The lowest BCUT2D eigenvalue weighted by Gasteiger charge is -2.38. The molecule has 0 aromatic carbocycles. The number of aromatic nitrogens is 1. The van der Waals surface area contributed by atoms with Gasteiger partial charge in [0.05, 0.1) is 11.1 Å². The van der Waals surface area contributed by atoms with Gasteiger partial charge in [-0.3, -0.25) is 4.79 Å². The zero-order valence-corrected chi connectivity index (χ0v) is 10.6. The molecule has 1 saturated carbocycles. The third-order valence-electron chi connectivity index (χ3n) is 4.00. The van der Waals surface area contributed by atoms with Crippen molar-refractivity contribution >= 4 is 22.4 Å². The van der Waals surface area contributed by atoms with E-state index in [1.807, 2.05) is 0 Å². The molecule has 0 bridgehead atoms. The molecule has 5 heteroatoms. The molecule has 3 N–H and O–H groups in total. The van der Waals surface area contributed by atoms with Gasteiger partial charge in [-0.15, -0.1) is 11.3 Å². The van der Waals surface area contributed by atoms with Crippen LogP contribution in [0.3, 0.4) is 0 Å². The maximum Gasteiger partial charge on any atom is 0.233 e. The monoisotopic (exact) mass is 251 g/mol. The smallest absolute Gasteiger partial charge is 0.233 e. The van der Waals surface area contributed by atoms with E-state index in [-0.39, 0.29) is 11.3 Å². The van der Waals surface area contributed by atoms with E-state index in [0.717, 1.165) is 37.2 Å². The van der Waals surface area contributed by atoms with Gasteiger partial charge in [0.15, 0.2) is 5.13 Å². The zero-order valence-electron chi connectivity index (χ0n) is 9.79. The molecule has 2 aliphatic rings. The number of amides is 1. The average Bonchev–Trinajstić information content (AvgIpc) is 2.76. The maximum absolute atomic E-state index is 12.2. The molecule has 0 unspecified atom stereocenters. The van der Waals surface area contributed by atoms with Crippen molar-refractivity contribution in [1.82, 2.24) is 4.98 Å². The van der Waals surface area contributed by atoms with E-state index in [9.17, 15) is 4.79 Å². The second-order valence-electron chi connectivity index (χ2n) is 5.03. The molecule has 2 aliphatic carbocycles. The number of rotatable bonds is 3. The van der Waals surface area contributed by atoms with Gasteiger partial charge >= 0.3 is 0 Å². The fraction of sp³-hybridized carbons (Fsp3) is 0.667. The first kappa shape index (κ1) is 11.2. The SMILES string of the molecule is NCC1(C(=O)Nc2nc3c(s2)CCC3)CCC1. The van der Waals surface area contributed by atoms with Crippen LogP contribution in [-0.4, -0.2) is 17.4 Å². The average molecular weight is 251 g/mol. The van der Waals surface area contributed by atoms with Gasteiger partial charge in [-0.05, 0) is 32.1 Å². The first-order valence-corrected chi connectivity index (χ1v) is 7.05. The highest BCUT2D eigenvalue weighted by molar-refractivity contribution is 7.15. The first-order valence-electron chi connectivity index (χ1n) is 6.24. The maximum atomic E-state index is 12.2. The number of nitrogens with zero attached hydrogens (tertiary/aromatic N) is 1. The third-order valence-corrected chi connectivity index (χ3v) is 5.07. The van der Waals surface area contributed by atoms with E-state index in [1.165, 1.54) is 17.0 Å². The van der Waals surface area contributed by atoms with Crippen LogP contribution in [0.15, 0.2) is 0 Å². The number of carbonyl (C=O) groups excluding carboxylic acids is 1. The molecule has 1 aromatic rings. The van der Waals surface area contributed by atoms with Gasteiger partial charge in [-0.25, -0.2) is 4.98 Å². The van der Waals surface area contributed by atoms with Gasteiger partial charge in [0.2, 0.25) is 5.91 Å². The second-order valence-corrected chi connectivity index (χ2v) is 6.12. The molecule has 1 fully saturated rings. The zero-order chi connectivity index (χ0) is 11.9. The van der Waals surface area contributed by atoms with Gasteiger partial charge in [0.1, 0.15) is 0 Å². The molecule has 0 aliphatic heterocycles. The number of anilines is 1. The Kier molecular flexibility index (Phi) is 2.67. The summed E-state index contributed by atoms with van der Waals surface area (Å²) in [6.07, 6.45) is 6.32. The van der Waals surface area contributed by atoms with Gasteiger partial charge in [0, 0.05) is 11.4 Å². The molecule has 3 rings (SSSR count). The van der Waals surface area contributed by atoms with Crippen molar-refractivity contribution in [3.05, 3.63) is 10.6 Å². The molecule has 4 nitrogen and oxygen atoms in total. The Bertz CT molecular complexity index is 424. The number of nitrogens with one attached hydrogen (secondary N) is 1. The van der Waals surface area contributed by atoms with Crippen LogP contribution in [0, 0.1) is 5.41 Å². The Balaban J connectivity index is 1.72. The number of hydrogen-bond acceptors (Lipinski definition) is 4. The summed E-state index contributed by atoms with van der Waals surface area (Å²) in [4.78, 5) is 18.0. The molecular formula is C12H17N3OS. The summed E-state index contributed by atoms with van der Waals surface area (Å²) < 4.78 is 0. The van der Waals surface area contributed by atoms with E-state index < -0.39 is 0 Å². The number of nitrogens with two attached hydrogens (primary N) is 1. The van der Waals surface area contributed by atoms with E-state index in [2.05, 4.69) is 10.3 Å². The highest BCUT2D eigenvalue weighted by Gasteiger charge is 2.43. The largest absolute Gasteiger partial charge is 0.329 e. The summed E-state index contributed by atoms with van der Waals surface area (Å²) in [5, 5.41) is 3.72. The minimum Gasteiger partial charge on any atom is -0.329 e. The van der Waals surface area contributed by atoms with Crippen molar-refractivity contribution in [2.45, 2.75) is 38.5 Å². The Morgan fingerprint density at radius 1 is 1.41 bits per heavy atom. The van der Waals surface area contributed by atoms with Gasteiger partial charge in [-0.2, -0.15) is 0 Å². The topological polar surface area (TPSA) is 68.0 Å². The van der Waals surface area contributed by atoms with Crippen LogP contribution in [-0.2, 0) is 17.6 Å². The lowest BCUT2D eigenvalue weighted by Crippen LogP contribution is -2.47. The van der Waals surface area contributed by atoms with E-state index in [4.69, 9.17) is 5.73 Å². The van der Waals surface area contributed by atoms with Gasteiger partial charge < -0.3 is 11.1 Å². The molecule has 0 saturated heterocycles. The number of fused-ring (bicyclic) bond motifs is 1. The van der Waals surface area contributed by atoms with Gasteiger partial charge in [0.25, 0.3) is 0 Å². The van der Waals surface area contributed by atoms with Gasteiger partial charge in [-0.1, -0.05) is 6.42 Å². The van der Waals surface area contributed by atoms with Crippen LogP contribution < -0.4 is 11.1 Å². The Morgan fingerprint density at radius 2 is 2.24 bits per heavy atom. The van der Waals surface area contributed by atoms with Crippen molar-refractivity contribution in [1.29, 1.82) is 0 Å². The summed E-state index contributed by atoms with van der Waals surface area (Å²) in [7, 11) is 0. The molecule has 1 heterocycles. The van der Waals surface area contributed by atoms with Crippen LogP contribution in [0.1, 0.15) is 36.3 Å². The molecule has 1 amide bonds. The summed E-state index contributed by atoms with van der Waals surface area (Å²) in [5.74, 6) is 0.0682. The first-order chi connectivity index (χ1) is 8.23. The Morgan fingerprint density at radius 3 is 2.82 bits per heavy atom. The lowest BCUT2D eigenvalue weighted by molar-refractivity contribution is -0.129. The van der Waals surface area contributed by atoms with E-state index >= 15 is 0 Å². The minimum absolute atomic E-state index is 0.0682. The van der Waals surface area contributed by atoms with Crippen molar-refractivity contribution in [2.75, 3.05) is 11.9 Å². The third kappa shape index (κ3) is 1.77. The predicted molar refractivity (Wildman–Crippen MR) is 68.1 cm³/mol. The quantitative estimate of drug-likeness (QED) is 0.859. The summed E-state index contributed by atoms with van der Waals surface area (Å²) >= 11 is 1.63. The molecular weight excluding hydrogens is 234 g/mol. The number of thiazole rings is 1. The van der Waals surface area contributed by atoms with Crippen LogP contribution in [0.2, 0.25) is 0 Å². The Labute approximate surface area is 105 Å². The van der Waals surface area contributed by atoms with Crippen LogP contribution in [0.4, 0.5) is 5.13 Å². The summed E-state index contributed by atoms with van der Waals surface area (Å²) in [5.41, 5.74) is 6.59. The van der Waals surface area contributed by atoms with Crippen molar-refractivity contribution < 1.29 is 4.79 Å². The second kappa shape index (κ2) is 4.07. The number of hydrogen-bond donors (Lipinski definition) is 2.